The first-order valence-corrected chi connectivity index (χ1v) is 7.27. The molecule has 0 fully saturated rings. The number of nitrogens with two attached hydrogens (primary N) is 1. The third-order valence-electron chi connectivity index (χ3n) is 2.67. The predicted octanol–water partition coefficient (Wildman–Crippen LogP) is 1.58. The zero-order valence-electron chi connectivity index (χ0n) is 10.1. The quantitative estimate of drug-likeness (QED) is 0.640. The van der Waals surface area contributed by atoms with Crippen molar-refractivity contribution in [2.24, 2.45) is 0 Å². The minimum atomic E-state index is -3.09. The number of carbonyl (C=O) groups excluding carboxylic acids is 1. The Kier molecular flexibility index (Phi) is 4.28. The summed E-state index contributed by atoms with van der Waals surface area (Å²) in [6.07, 6.45) is 0.0273. The van der Waals surface area contributed by atoms with Crippen LogP contribution < -0.4 is 5.73 Å². The lowest BCUT2D eigenvalue weighted by atomic mass is 10.1. The molecule has 0 aliphatic rings. The summed E-state index contributed by atoms with van der Waals surface area (Å²) in [6, 6.07) is 4.98. The van der Waals surface area contributed by atoms with Gasteiger partial charge in [0.05, 0.1) is 5.75 Å². The maximum atomic E-state index is 11.8. The van der Waals surface area contributed by atoms with Crippen LogP contribution in [0, 0.1) is 6.92 Å². The van der Waals surface area contributed by atoms with Crippen molar-refractivity contribution in [2.45, 2.75) is 20.3 Å². The van der Waals surface area contributed by atoms with Crippen molar-refractivity contribution in [3.05, 3.63) is 29.3 Å². The lowest BCUT2D eigenvalue weighted by Gasteiger charge is -2.04. The largest absolute Gasteiger partial charge is 0.399 e. The predicted molar refractivity (Wildman–Crippen MR) is 68.9 cm³/mol. The summed E-state index contributed by atoms with van der Waals surface area (Å²) in [6.45, 7) is 3.39. The summed E-state index contributed by atoms with van der Waals surface area (Å²) >= 11 is 0. The average molecular weight is 255 g/mol. The fourth-order valence-electron chi connectivity index (χ4n) is 1.39. The molecule has 17 heavy (non-hydrogen) atoms. The van der Waals surface area contributed by atoms with Crippen LogP contribution in [0.3, 0.4) is 0 Å². The number of benzene rings is 1. The molecular weight excluding hydrogens is 238 g/mol. The Morgan fingerprint density at radius 1 is 1.35 bits per heavy atom. The molecule has 1 rings (SSSR count). The van der Waals surface area contributed by atoms with E-state index in [4.69, 9.17) is 5.73 Å². The van der Waals surface area contributed by atoms with Crippen LogP contribution in [0.25, 0.3) is 0 Å². The molecule has 1 aromatic carbocycles. The van der Waals surface area contributed by atoms with E-state index in [1.54, 1.807) is 25.1 Å². The van der Waals surface area contributed by atoms with E-state index in [-0.39, 0.29) is 23.7 Å². The monoisotopic (exact) mass is 255 g/mol. The molecule has 0 heterocycles. The second-order valence-electron chi connectivity index (χ2n) is 3.98. The molecular formula is C12H17NO3S. The number of anilines is 1. The van der Waals surface area contributed by atoms with Gasteiger partial charge in [-0.25, -0.2) is 8.42 Å². The number of Topliss-reactive ketones (excluding diaryl/α,β-unsaturated/α-hetero) is 1. The third kappa shape index (κ3) is 3.85. The Labute approximate surface area is 102 Å². The average Bonchev–Trinajstić information content (AvgIpc) is 2.30. The summed E-state index contributed by atoms with van der Waals surface area (Å²) in [7, 11) is -3.09. The third-order valence-corrected chi connectivity index (χ3v) is 4.38. The molecule has 94 valence electrons. The molecule has 0 aromatic heterocycles. The molecule has 0 radical (unpaired) electrons. The highest BCUT2D eigenvalue weighted by Crippen LogP contribution is 2.14. The van der Waals surface area contributed by atoms with Crippen molar-refractivity contribution >= 4 is 21.3 Å². The first-order valence-electron chi connectivity index (χ1n) is 5.45. The SMILES string of the molecule is CCS(=O)(=O)CCC(=O)c1ccc(N)c(C)c1. The van der Waals surface area contributed by atoms with Crippen LogP contribution in [0.4, 0.5) is 5.69 Å². The van der Waals surface area contributed by atoms with Gasteiger partial charge >= 0.3 is 0 Å². The van der Waals surface area contributed by atoms with Gasteiger partial charge in [0.15, 0.2) is 5.78 Å². The Balaban J connectivity index is 2.74. The summed E-state index contributed by atoms with van der Waals surface area (Å²) in [5.74, 6) is -0.183. The summed E-state index contributed by atoms with van der Waals surface area (Å²) in [5.41, 5.74) is 7.62. The van der Waals surface area contributed by atoms with Gasteiger partial charge in [0.1, 0.15) is 9.84 Å². The number of rotatable bonds is 5. The van der Waals surface area contributed by atoms with E-state index < -0.39 is 9.84 Å². The minimum Gasteiger partial charge on any atom is -0.399 e. The molecule has 4 nitrogen and oxygen atoms in total. The highest BCUT2D eigenvalue weighted by Gasteiger charge is 2.13. The maximum absolute atomic E-state index is 11.8. The van der Waals surface area contributed by atoms with Crippen LogP contribution in [-0.4, -0.2) is 25.7 Å². The zero-order valence-corrected chi connectivity index (χ0v) is 10.9. The van der Waals surface area contributed by atoms with Gasteiger partial charge in [0, 0.05) is 23.4 Å². The first kappa shape index (κ1) is 13.7. The van der Waals surface area contributed by atoms with Crippen LogP contribution in [-0.2, 0) is 9.84 Å². The minimum absolute atomic E-state index is 0.0273. The normalized spacial score (nSPS) is 11.4. The van der Waals surface area contributed by atoms with Crippen molar-refractivity contribution in [1.29, 1.82) is 0 Å². The van der Waals surface area contributed by atoms with Gasteiger partial charge in [-0.15, -0.1) is 0 Å². The van der Waals surface area contributed by atoms with Gasteiger partial charge in [0.25, 0.3) is 0 Å². The van der Waals surface area contributed by atoms with Gasteiger partial charge in [-0.1, -0.05) is 6.92 Å². The highest BCUT2D eigenvalue weighted by molar-refractivity contribution is 7.91. The van der Waals surface area contributed by atoms with Crippen molar-refractivity contribution in [2.75, 3.05) is 17.2 Å². The van der Waals surface area contributed by atoms with Gasteiger partial charge < -0.3 is 5.73 Å². The molecule has 0 aliphatic carbocycles. The molecule has 1 aromatic rings. The molecule has 0 spiro atoms. The second-order valence-corrected chi connectivity index (χ2v) is 6.45. The summed E-state index contributed by atoms with van der Waals surface area (Å²) in [5, 5.41) is 0. The highest BCUT2D eigenvalue weighted by atomic mass is 32.2. The van der Waals surface area contributed by atoms with Crippen molar-refractivity contribution in [3.8, 4) is 0 Å². The van der Waals surface area contributed by atoms with E-state index in [0.29, 0.717) is 11.3 Å². The van der Waals surface area contributed by atoms with E-state index in [1.165, 1.54) is 0 Å². The lowest BCUT2D eigenvalue weighted by molar-refractivity contribution is 0.0988. The molecule has 5 heteroatoms. The number of sulfone groups is 1. The maximum Gasteiger partial charge on any atom is 0.163 e. The number of hydrogen-bond acceptors (Lipinski definition) is 4. The van der Waals surface area contributed by atoms with Crippen LogP contribution in [0.15, 0.2) is 18.2 Å². The van der Waals surface area contributed by atoms with Gasteiger partial charge in [0.2, 0.25) is 0 Å². The zero-order chi connectivity index (χ0) is 13.1. The standard InChI is InChI=1S/C12H17NO3S/c1-3-17(15,16)7-6-12(14)10-4-5-11(13)9(2)8-10/h4-5,8H,3,6-7,13H2,1-2H3. The van der Waals surface area contributed by atoms with Crippen LogP contribution in [0.1, 0.15) is 29.3 Å². The Bertz CT molecular complexity index is 521. The fraction of sp³-hybridized carbons (Fsp3) is 0.417. The van der Waals surface area contributed by atoms with E-state index in [9.17, 15) is 13.2 Å². The first-order chi connectivity index (χ1) is 7.85. The molecule has 0 amide bonds. The second kappa shape index (κ2) is 5.31. The van der Waals surface area contributed by atoms with E-state index in [1.807, 2.05) is 6.92 Å². The van der Waals surface area contributed by atoms with Gasteiger partial charge in [-0.2, -0.15) is 0 Å². The van der Waals surface area contributed by atoms with E-state index in [0.717, 1.165) is 5.56 Å². The van der Waals surface area contributed by atoms with Crippen molar-refractivity contribution in [3.63, 3.8) is 0 Å². The summed E-state index contributed by atoms with van der Waals surface area (Å²) < 4.78 is 22.6. The molecule has 0 unspecified atom stereocenters. The topological polar surface area (TPSA) is 77.2 Å². The molecule has 0 atom stereocenters. The number of aryl methyl sites for hydroxylation is 1. The van der Waals surface area contributed by atoms with Gasteiger partial charge in [-0.3, -0.25) is 4.79 Å². The van der Waals surface area contributed by atoms with Crippen LogP contribution >= 0.6 is 0 Å². The number of hydrogen-bond donors (Lipinski definition) is 1. The smallest absolute Gasteiger partial charge is 0.163 e. The van der Waals surface area contributed by atoms with E-state index >= 15 is 0 Å². The number of nitrogen functional groups attached to an aromatic ring is 1. The van der Waals surface area contributed by atoms with Crippen LogP contribution in [0.5, 0.6) is 0 Å². The Hall–Kier alpha value is -1.36. The molecule has 2 N–H and O–H groups in total. The summed E-state index contributed by atoms with van der Waals surface area (Å²) in [4.78, 5) is 11.8. The molecule has 0 saturated carbocycles. The van der Waals surface area contributed by atoms with Crippen LogP contribution in [0.2, 0.25) is 0 Å². The lowest BCUT2D eigenvalue weighted by Crippen LogP contribution is -2.13. The van der Waals surface area contributed by atoms with Crippen molar-refractivity contribution < 1.29 is 13.2 Å². The fourth-order valence-corrected chi connectivity index (χ4v) is 2.17. The number of ketones is 1. The van der Waals surface area contributed by atoms with E-state index in [2.05, 4.69) is 0 Å². The Morgan fingerprint density at radius 3 is 2.53 bits per heavy atom. The molecule has 0 aliphatic heterocycles. The molecule has 0 saturated heterocycles. The van der Waals surface area contributed by atoms with Gasteiger partial charge in [-0.05, 0) is 30.7 Å². The Morgan fingerprint density at radius 2 is 2.00 bits per heavy atom. The van der Waals surface area contributed by atoms with Crippen molar-refractivity contribution in [1.82, 2.24) is 0 Å². The number of carbonyl (C=O) groups is 1. The molecule has 0 bridgehead atoms.